The van der Waals surface area contributed by atoms with Gasteiger partial charge in [0.25, 0.3) is 0 Å². The Hall–Kier alpha value is -6.14. The van der Waals surface area contributed by atoms with Gasteiger partial charge in [-0.05, 0) is 76.4 Å². The molecular weight excluding hydrogens is 654 g/mol. The number of halogens is 1. The summed E-state index contributed by atoms with van der Waals surface area (Å²) in [6.45, 7) is 11.9. The van der Waals surface area contributed by atoms with Crippen LogP contribution in [0.3, 0.4) is 0 Å². The first-order valence-electron chi connectivity index (χ1n) is 18.3. The second-order valence-corrected chi connectivity index (χ2v) is 15.6. The van der Waals surface area contributed by atoms with Crippen LogP contribution in [-0.4, -0.2) is 24.1 Å². The fraction of sp³-hybridized carbons (Fsp3) is 0.170. The van der Waals surface area contributed by atoms with Crippen LogP contribution in [0.15, 0.2) is 133 Å². The molecular formula is C47H38FN5. The zero-order valence-corrected chi connectivity index (χ0v) is 30.4. The minimum absolute atomic E-state index is 0.00724. The molecule has 0 radical (unpaired) electrons. The summed E-state index contributed by atoms with van der Waals surface area (Å²) in [6, 6.07) is 45.1. The van der Waals surface area contributed by atoms with E-state index in [0.29, 0.717) is 29.1 Å². The van der Waals surface area contributed by atoms with Crippen molar-refractivity contribution in [3.05, 3.63) is 150 Å². The largest absolute Gasteiger partial charge is 0.307 e. The van der Waals surface area contributed by atoms with Gasteiger partial charge in [0.1, 0.15) is 5.82 Å². The fourth-order valence-electron chi connectivity index (χ4n) is 9.02. The maximum absolute atomic E-state index is 14.1. The first kappa shape index (κ1) is 31.6. The van der Waals surface area contributed by atoms with E-state index in [1.54, 1.807) is 12.1 Å². The van der Waals surface area contributed by atoms with Gasteiger partial charge in [-0.2, -0.15) is 9.97 Å². The molecule has 53 heavy (non-hydrogen) atoms. The summed E-state index contributed by atoms with van der Waals surface area (Å²) >= 11 is 0. The van der Waals surface area contributed by atoms with Gasteiger partial charge in [0.05, 0.1) is 22.1 Å². The number of para-hydroxylation sites is 2. The van der Waals surface area contributed by atoms with Crippen molar-refractivity contribution in [1.29, 1.82) is 0 Å². The standard InChI is InChI=1S/C47H38FN5/c1-28-46(2,3)37-26-23-32(27-38(37)47(28,4)5)52-39-17-11-9-15-33(39)35-24-25-36-34-16-10-12-18-40(34)53(42(36)41(35)52)45-50-43(29-13-7-6-8-14-29)49-44(51-45)30-19-21-31(48)22-20-30/h6-28H,1-5H3. The van der Waals surface area contributed by atoms with Crippen LogP contribution in [0.5, 0.6) is 0 Å². The summed E-state index contributed by atoms with van der Waals surface area (Å²) < 4.78 is 18.8. The van der Waals surface area contributed by atoms with Crippen molar-refractivity contribution in [3.63, 3.8) is 0 Å². The topological polar surface area (TPSA) is 48.5 Å². The third kappa shape index (κ3) is 4.51. The first-order chi connectivity index (χ1) is 25.6. The summed E-state index contributed by atoms with van der Waals surface area (Å²) in [5.74, 6) is 1.69. The average molecular weight is 692 g/mol. The van der Waals surface area contributed by atoms with Gasteiger partial charge in [-0.3, -0.25) is 4.57 Å². The highest BCUT2D eigenvalue weighted by molar-refractivity contribution is 6.23. The summed E-state index contributed by atoms with van der Waals surface area (Å²) in [5, 5.41) is 4.55. The third-order valence-electron chi connectivity index (χ3n) is 12.2. The molecule has 0 saturated heterocycles. The number of aromatic nitrogens is 5. The first-order valence-corrected chi connectivity index (χ1v) is 18.3. The van der Waals surface area contributed by atoms with Crippen molar-refractivity contribution < 1.29 is 4.39 Å². The van der Waals surface area contributed by atoms with E-state index in [9.17, 15) is 4.39 Å². The lowest BCUT2D eigenvalue weighted by molar-refractivity contribution is 0.264. The number of fused-ring (bicyclic) bond motifs is 8. The second kappa shape index (κ2) is 11.2. The summed E-state index contributed by atoms with van der Waals surface area (Å²) in [7, 11) is 0. The van der Waals surface area contributed by atoms with E-state index in [0.717, 1.165) is 49.5 Å². The van der Waals surface area contributed by atoms with E-state index in [2.05, 4.69) is 123 Å². The van der Waals surface area contributed by atoms with E-state index < -0.39 is 0 Å². The zero-order valence-electron chi connectivity index (χ0n) is 30.4. The molecule has 1 aliphatic rings. The van der Waals surface area contributed by atoms with E-state index >= 15 is 0 Å². The molecule has 1 atom stereocenters. The Kier molecular flexibility index (Phi) is 6.66. The van der Waals surface area contributed by atoms with E-state index in [-0.39, 0.29) is 16.6 Å². The molecule has 5 nitrogen and oxygen atoms in total. The van der Waals surface area contributed by atoms with Gasteiger partial charge < -0.3 is 4.57 Å². The quantitative estimate of drug-likeness (QED) is 0.185. The van der Waals surface area contributed by atoms with Crippen molar-refractivity contribution in [2.24, 2.45) is 5.92 Å². The Labute approximate surface area is 307 Å². The number of benzene rings is 6. The molecule has 0 N–H and O–H groups in total. The average Bonchev–Trinajstić information content (AvgIpc) is 3.75. The van der Waals surface area contributed by atoms with Crippen LogP contribution in [0.25, 0.3) is 78.0 Å². The number of nitrogens with zero attached hydrogens (tertiary/aromatic N) is 5. The lowest BCUT2D eigenvalue weighted by Crippen LogP contribution is -2.30. The van der Waals surface area contributed by atoms with E-state index in [4.69, 9.17) is 15.0 Å². The molecule has 258 valence electrons. The van der Waals surface area contributed by atoms with Gasteiger partial charge in [0.2, 0.25) is 5.95 Å². The predicted molar refractivity (Wildman–Crippen MR) is 215 cm³/mol. The molecule has 1 aliphatic carbocycles. The Morgan fingerprint density at radius 3 is 1.68 bits per heavy atom. The van der Waals surface area contributed by atoms with Gasteiger partial charge >= 0.3 is 0 Å². The van der Waals surface area contributed by atoms with Crippen molar-refractivity contribution in [2.45, 2.75) is 45.4 Å². The smallest absolute Gasteiger partial charge is 0.238 e. The highest BCUT2D eigenvalue weighted by atomic mass is 19.1. The Morgan fingerprint density at radius 2 is 1.04 bits per heavy atom. The second-order valence-electron chi connectivity index (χ2n) is 15.6. The molecule has 0 amide bonds. The van der Waals surface area contributed by atoms with E-state index in [1.165, 1.54) is 28.6 Å². The van der Waals surface area contributed by atoms with Crippen LogP contribution in [0.1, 0.15) is 45.7 Å². The van der Waals surface area contributed by atoms with Gasteiger partial charge in [0.15, 0.2) is 11.6 Å². The Morgan fingerprint density at radius 1 is 0.509 bits per heavy atom. The number of hydrogen-bond donors (Lipinski definition) is 0. The minimum atomic E-state index is -0.308. The van der Waals surface area contributed by atoms with Gasteiger partial charge in [-0.25, -0.2) is 9.37 Å². The SMILES string of the molecule is CC1C(C)(C)c2ccc(-n3c4ccccc4c4ccc5c6ccccc6n(-c6nc(-c7ccccc7)nc(-c7ccc(F)cc7)n6)c5c43)cc2C1(C)C. The molecule has 0 spiro atoms. The van der Waals surface area contributed by atoms with Crippen LogP contribution in [-0.2, 0) is 10.8 Å². The summed E-state index contributed by atoms with van der Waals surface area (Å²) in [5.41, 5.74) is 9.85. The molecule has 6 aromatic carbocycles. The van der Waals surface area contributed by atoms with Crippen molar-refractivity contribution in [1.82, 2.24) is 24.1 Å². The highest BCUT2D eigenvalue weighted by Crippen LogP contribution is 2.54. The van der Waals surface area contributed by atoms with Crippen LogP contribution < -0.4 is 0 Å². The van der Waals surface area contributed by atoms with Crippen LogP contribution in [0.2, 0.25) is 0 Å². The molecule has 0 fully saturated rings. The maximum atomic E-state index is 14.1. The minimum Gasteiger partial charge on any atom is -0.307 e. The molecule has 0 bridgehead atoms. The molecule has 3 aromatic heterocycles. The molecule has 9 aromatic rings. The van der Waals surface area contributed by atoms with Crippen LogP contribution >= 0.6 is 0 Å². The zero-order chi connectivity index (χ0) is 36.2. The molecule has 0 saturated carbocycles. The predicted octanol–water partition coefficient (Wildman–Crippen LogP) is 11.7. The normalized spacial score (nSPS) is 16.2. The monoisotopic (exact) mass is 691 g/mol. The van der Waals surface area contributed by atoms with Crippen molar-refractivity contribution in [3.8, 4) is 34.4 Å². The number of hydrogen-bond acceptors (Lipinski definition) is 3. The van der Waals surface area contributed by atoms with Crippen molar-refractivity contribution in [2.75, 3.05) is 0 Å². The Balaban J connectivity index is 1.35. The van der Waals surface area contributed by atoms with E-state index in [1.807, 2.05) is 30.3 Å². The Bertz CT molecular complexity index is 2920. The number of rotatable bonds is 4. The molecule has 3 heterocycles. The third-order valence-corrected chi connectivity index (χ3v) is 12.2. The van der Waals surface area contributed by atoms with Crippen LogP contribution in [0.4, 0.5) is 4.39 Å². The van der Waals surface area contributed by atoms with Gasteiger partial charge in [-0.1, -0.05) is 120 Å². The summed E-state index contributed by atoms with van der Waals surface area (Å²) in [4.78, 5) is 15.3. The fourth-order valence-corrected chi connectivity index (χ4v) is 9.02. The van der Waals surface area contributed by atoms with Crippen molar-refractivity contribution >= 4 is 43.6 Å². The lowest BCUT2D eigenvalue weighted by atomic mass is 9.71. The van der Waals surface area contributed by atoms with Crippen LogP contribution in [0, 0.1) is 11.7 Å². The molecule has 10 rings (SSSR count). The highest BCUT2D eigenvalue weighted by Gasteiger charge is 2.48. The maximum Gasteiger partial charge on any atom is 0.238 e. The molecule has 0 aliphatic heterocycles. The van der Waals surface area contributed by atoms with Gasteiger partial charge in [0, 0.05) is 38.4 Å². The summed E-state index contributed by atoms with van der Waals surface area (Å²) in [6.07, 6.45) is 0. The molecule has 1 unspecified atom stereocenters. The van der Waals surface area contributed by atoms with Gasteiger partial charge in [-0.15, -0.1) is 0 Å². The molecule has 6 heteroatoms. The lowest BCUT2D eigenvalue weighted by Gasteiger charge is -2.32.